The summed E-state index contributed by atoms with van der Waals surface area (Å²) in [7, 11) is 0. The first-order valence-corrected chi connectivity index (χ1v) is 6.80. The first-order chi connectivity index (χ1) is 8.29. The Balaban J connectivity index is 2.00. The van der Waals surface area contributed by atoms with Gasteiger partial charge in [-0.25, -0.2) is 0 Å². The van der Waals surface area contributed by atoms with E-state index in [-0.39, 0.29) is 0 Å². The molecular formula is C14H16N2S. The van der Waals surface area contributed by atoms with E-state index in [0.717, 1.165) is 17.9 Å². The van der Waals surface area contributed by atoms with Crippen LogP contribution in [0.1, 0.15) is 11.3 Å². The van der Waals surface area contributed by atoms with Crippen LogP contribution in [0.5, 0.6) is 0 Å². The summed E-state index contributed by atoms with van der Waals surface area (Å²) in [5.41, 5.74) is 3.45. The molecule has 0 aliphatic carbocycles. The van der Waals surface area contributed by atoms with Crippen molar-refractivity contribution in [3.63, 3.8) is 0 Å². The van der Waals surface area contributed by atoms with Crippen LogP contribution in [0.15, 0.2) is 47.5 Å². The highest BCUT2D eigenvalue weighted by molar-refractivity contribution is 7.98. The van der Waals surface area contributed by atoms with E-state index >= 15 is 0 Å². The number of hydrogen-bond donors (Lipinski definition) is 1. The molecule has 1 N–H and O–H groups in total. The molecule has 1 aromatic heterocycles. The van der Waals surface area contributed by atoms with Gasteiger partial charge in [-0.15, -0.1) is 11.8 Å². The molecule has 0 spiro atoms. The zero-order valence-electron chi connectivity index (χ0n) is 10.1. The highest BCUT2D eigenvalue weighted by Gasteiger charge is 1.98. The lowest BCUT2D eigenvalue weighted by Crippen LogP contribution is -2.03. The van der Waals surface area contributed by atoms with Crippen molar-refractivity contribution in [3.05, 3.63) is 53.9 Å². The second-order valence-corrected chi connectivity index (χ2v) is 4.73. The van der Waals surface area contributed by atoms with Crippen LogP contribution in [0.2, 0.25) is 0 Å². The molecule has 0 bridgehead atoms. The molecule has 2 aromatic rings. The minimum Gasteiger partial charge on any atom is -0.379 e. The summed E-state index contributed by atoms with van der Waals surface area (Å²) >= 11 is 1.75. The van der Waals surface area contributed by atoms with Crippen LogP contribution < -0.4 is 5.32 Å². The van der Waals surface area contributed by atoms with Crippen molar-refractivity contribution in [1.82, 2.24) is 4.98 Å². The predicted molar refractivity (Wildman–Crippen MR) is 74.5 cm³/mol. The SMILES string of the molecule is CSc1ccc(NCc2ncccc2C)cc1. The van der Waals surface area contributed by atoms with E-state index in [2.05, 4.69) is 53.8 Å². The Labute approximate surface area is 106 Å². The third-order valence-corrected chi connectivity index (χ3v) is 3.41. The number of nitrogens with one attached hydrogen (secondary N) is 1. The van der Waals surface area contributed by atoms with Gasteiger partial charge in [0.2, 0.25) is 0 Å². The van der Waals surface area contributed by atoms with Crippen LogP contribution >= 0.6 is 11.8 Å². The summed E-state index contributed by atoms with van der Waals surface area (Å²) in [4.78, 5) is 5.64. The van der Waals surface area contributed by atoms with Gasteiger partial charge in [0.1, 0.15) is 0 Å². The lowest BCUT2D eigenvalue weighted by atomic mass is 10.2. The number of benzene rings is 1. The highest BCUT2D eigenvalue weighted by Crippen LogP contribution is 2.18. The van der Waals surface area contributed by atoms with Crippen LogP contribution in [0.3, 0.4) is 0 Å². The molecule has 0 aliphatic heterocycles. The molecule has 17 heavy (non-hydrogen) atoms. The van der Waals surface area contributed by atoms with Crippen LogP contribution in [-0.2, 0) is 6.54 Å². The molecule has 88 valence electrons. The fraction of sp³-hybridized carbons (Fsp3) is 0.214. The number of anilines is 1. The quantitative estimate of drug-likeness (QED) is 0.830. The zero-order valence-corrected chi connectivity index (χ0v) is 10.9. The van der Waals surface area contributed by atoms with Crippen molar-refractivity contribution < 1.29 is 0 Å². The minimum atomic E-state index is 0.769. The van der Waals surface area contributed by atoms with Crippen molar-refractivity contribution in [2.75, 3.05) is 11.6 Å². The summed E-state index contributed by atoms with van der Waals surface area (Å²) in [6.45, 7) is 2.85. The zero-order chi connectivity index (χ0) is 12.1. The molecule has 0 aliphatic rings. The maximum absolute atomic E-state index is 4.36. The Morgan fingerprint density at radius 2 is 1.94 bits per heavy atom. The van der Waals surface area contributed by atoms with E-state index < -0.39 is 0 Å². The van der Waals surface area contributed by atoms with E-state index in [0.29, 0.717) is 0 Å². The minimum absolute atomic E-state index is 0.769. The van der Waals surface area contributed by atoms with Gasteiger partial charge >= 0.3 is 0 Å². The number of aromatic nitrogens is 1. The standard InChI is InChI=1S/C14H16N2S/c1-11-4-3-9-15-14(11)10-16-12-5-7-13(17-2)8-6-12/h3-9,16H,10H2,1-2H3. The van der Waals surface area contributed by atoms with Crippen molar-refractivity contribution in [2.45, 2.75) is 18.4 Å². The first kappa shape index (κ1) is 12.0. The summed E-state index contributed by atoms with van der Waals surface area (Å²) < 4.78 is 0. The number of nitrogens with zero attached hydrogens (tertiary/aromatic N) is 1. The molecule has 0 saturated carbocycles. The van der Waals surface area contributed by atoms with Gasteiger partial charge in [0.05, 0.1) is 12.2 Å². The van der Waals surface area contributed by atoms with Gasteiger partial charge < -0.3 is 5.32 Å². The molecule has 1 aromatic carbocycles. The highest BCUT2D eigenvalue weighted by atomic mass is 32.2. The molecule has 0 fully saturated rings. The Morgan fingerprint density at radius 3 is 2.59 bits per heavy atom. The fourth-order valence-electron chi connectivity index (χ4n) is 1.60. The van der Waals surface area contributed by atoms with Gasteiger partial charge in [-0.2, -0.15) is 0 Å². The van der Waals surface area contributed by atoms with Crippen LogP contribution in [0.25, 0.3) is 0 Å². The Morgan fingerprint density at radius 1 is 1.18 bits per heavy atom. The third-order valence-electron chi connectivity index (χ3n) is 2.67. The topological polar surface area (TPSA) is 24.9 Å². The number of rotatable bonds is 4. The van der Waals surface area contributed by atoms with Crippen molar-refractivity contribution >= 4 is 17.4 Å². The van der Waals surface area contributed by atoms with Gasteiger partial charge in [0.25, 0.3) is 0 Å². The molecule has 1 heterocycles. The number of hydrogen-bond acceptors (Lipinski definition) is 3. The van der Waals surface area contributed by atoms with Gasteiger partial charge in [0, 0.05) is 16.8 Å². The van der Waals surface area contributed by atoms with Gasteiger partial charge in [-0.1, -0.05) is 6.07 Å². The third kappa shape index (κ3) is 3.24. The van der Waals surface area contributed by atoms with E-state index in [1.165, 1.54) is 10.5 Å². The lowest BCUT2D eigenvalue weighted by Gasteiger charge is -2.08. The average molecular weight is 244 g/mol. The largest absolute Gasteiger partial charge is 0.379 e. The molecular weight excluding hydrogens is 228 g/mol. The second-order valence-electron chi connectivity index (χ2n) is 3.85. The van der Waals surface area contributed by atoms with E-state index in [9.17, 15) is 0 Å². The van der Waals surface area contributed by atoms with E-state index in [1.54, 1.807) is 11.8 Å². The first-order valence-electron chi connectivity index (χ1n) is 5.58. The maximum atomic E-state index is 4.36. The second kappa shape index (κ2) is 5.73. The summed E-state index contributed by atoms with van der Waals surface area (Å²) in [5, 5.41) is 3.38. The predicted octanol–water partition coefficient (Wildman–Crippen LogP) is 3.72. The monoisotopic (exact) mass is 244 g/mol. The maximum Gasteiger partial charge on any atom is 0.0623 e. The molecule has 0 unspecified atom stereocenters. The smallest absolute Gasteiger partial charge is 0.0623 e. The van der Waals surface area contributed by atoms with Gasteiger partial charge in [-0.3, -0.25) is 4.98 Å². The van der Waals surface area contributed by atoms with Crippen LogP contribution in [-0.4, -0.2) is 11.2 Å². The van der Waals surface area contributed by atoms with Gasteiger partial charge in [-0.05, 0) is 49.1 Å². The molecule has 2 rings (SSSR count). The number of pyridine rings is 1. The van der Waals surface area contributed by atoms with E-state index in [4.69, 9.17) is 0 Å². The summed E-state index contributed by atoms with van der Waals surface area (Å²) in [6, 6.07) is 12.5. The van der Waals surface area contributed by atoms with Crippen molar-refractivity contribution in [2.24, 2.45) is 0 Å². The molecule has 0 atom stereocenters. The molecule has 0 saturated heterocycles. The van der Waals surface area contributed by atoms with Crippen LogP contribution in [0.4, 0.5) is 5.69 Å². The summed E-state index contributed by atoms with van der Waals surface area (Å²) in [6.07, 6.45) is 3.92. The molecule has 0 amide bonds. The Kier molecular flexibility index (Phi) is 4.04. The van der Waals surface area contributed by atoms with Crippen LogP contribution in [0, 0.1) is 6.92 Å². The van der Waals surface area contributed by atoms with Gasteiger partial charge in [0.15, 0.2) is 0 Å². The molecule has 2 nitrogen and oxygen atoms in total. The average Bonchev–Trinajstić information content (AvgIpc) is 2.38. The molecule has 3 heteroatoms. The lowest BCUT2D eigenvalue weighted by molar-refractivity contribution is 1.02. The van der Waals surface area contributed by atoms with Crippen molar-refractivity contribution in [1.29, 1.82) is 0 Å². The van der Waals surface area contributed by atoms with Crippen molar-refractivity contribution in [3.8, 4) is 0 Å². The normalized spacial score (nSPS) is 10.2. The van der Waals surface area contributed by atoms with E-state index in [1.807, 2.05) is 12.3 Å². The summed E-state index contributed by atoms with van der Waals surface area (Å²) in [5.74, 6) is 0. The Bertz CT molecular complexity index is 480. The number of thioether (sulfide) groups is 1. The number of aryl methyl sites for hydroxylation is 1. The molecule has 0 radical (unpaired) electrons. The fourth-order valence-corrected chi connectivity index (χ4v) is 2.01. The Hall–Kier alpha value is -1.48.